The van der Waals surface area contributed by atoms with E-state index in [1.54, 1.807) is 35.3 Å². The number of alkyl halides is 3. The molecule has 2 aromatic carbocycles. The Balaban J connectivity index is 1.63. The van der Waals surface area contributed by atoms with Crippen molar-refractivity contribution in [3.8, 4) is 16.9 Å². The van der Waals surface area contributed by atoms with Crippen LogP contribution in [0.15, 0.2) is 42.7 Å². The monoisotopic (exact) mass is 547 g/mol. The number of aryl methyl sites for hydroxylation is 2. The summed E-state index contributed by atoms with van der Waals surface area (Å²) in [6.45, 7) is 3.71. The molecular weight excluding hydrogens is 523 g/mol. The van der Waals surface area contributed by atoms with Gasteiger partial charge >= 0.3 is 6.18 Å². The van der Waals surface area contributed by atoms with Crippen molar-refractivity contribution in [2.75, 3.05) is 18.5 Å². The van der Waals surface area contributed by atoms with Crippen molar-refractivity contribution in [2.45, 2.75) is 26.6 Å². The highest BCUT2D eigenvalue weighted by molar-refractivity contribution is 6.32. The fourth-order valence-electron chi connectivity index (χ4n) is 3.85. The number of anilines is 1. The van der Waals surface area contributed by atoms with E-state index in [9.17, 15) is 18.0 Å². The largest absolute Gasteiger partial charge is 0.417 e. The number of aliphatic hydroxyl groups is 1. The second-order valence-corrected chi connectivity index (χ2v) is 9.04. The van der Waals surface area contributed by atoms with Crippen LogP contribution in [-0.2, 0) is 19.8 Å². The predicted octanol–water partition coefficient (Wildman–Crippen LogP) is 4.29. The zero-order valence-electron chi connectivity index (χ0n) is 20.8. The summed E-state index contributed by atoms with van der Waals surface area (Å²) in [5, 5.41) is 26.4. The zero-order valence-corrected chi connectivity index (χ0v) is 21.5. The van der Waals surface area contributed by atoms with E-state index < -0.39 is 22.7 Å². The van der Waals surface area contributed by atoms with Gasteiger partial charge in [0.1, 0.15) is 5.69 Å². The summed E-state index contributed by atoms with van der Waals surface area (Å²) in [5.41, 5.74) is 2.94. The van der Waals surface area contributed by atoms with Gasteiger partial charge < -0.3 is 15.7 Å². The van der Waals surface area contributed by atoms with Crippen LogP contribution in [0.5, 0.6) is 0 Å². The fourth-order valence-corrected chi connectivity index (χ4v) is 4.13. The SMILES string of the molecule is Cc1ccc(C(=O)Nc2cc(CNCCO)c(Cl)c(C(F)(F)F)c2)cc1-n1cc(-c2cnn(C)c2C)nn1. The summed E-state index contributed by atoms with van der Waals surface area (Å²) in [6, 6.07) is 7.04. The predicted molar refractivity (Wildman–Crippen MR) is 136 cm³/mol. The Bertz CT molecular complexity index is 1480. The summed E-state index contributed by atoms with van der Waals surface area (Å²) in [7, 11) is 1.82. The number of rotatable bonds is 8. The average Bonchev–Trinajstić information content (AvgIpc) is 3.47. The van der Waals surface area contributed by atoms with Crippen LogP contribution in [0.25, 0.3) is 16.9 Å². The number of amides is 1. The van der Waals surface area contributed by atoms with Gasteiger partial charge in [-0.3, -0.25) is 9.48 Å². The Labute approximate surface area is 221 Å². The van der Waals surface area contributed by atoms with E-state index in [2.05, 4.69) is 26.0 Å². The van der Waals surface area contributed by atoms with Crippen molar-refractivity contribution in [1.29, 1.82) is 0 Å². The summed E-state index contributed by atoms with van der Waals surface area (Å²) in [4.78, 5) is 13.1. The normalized spacial score (nSPS) is 11.7. The molecule has 4 rings (SSSR count). The molecule has 13 heteroatoms. The molecule has 9 nitrogen and oxygen atoms in total. The maximum atomic E-state index is 13.6. The van der Waals surface area contributed by atoms with Crippen LogP contribution >= 0.6 is 11.6 Å². The van der Waals surface area contributed by atoms with Gasteiger partial charge in [-0.05, 0) is 49.2 Å². The highest BCUT2D eigenvalue weighted by Crippen LogP contribution is 2.38. The molecule has 3 N–H and O–H groups in total. The summed E-state index contributed by atoms with van der Waals surface area (Å²) < 4.78 is 44.1. The number of hydrogen-bond acceptors (Lipinski definition) is 6. The second kappa shape index (κ2) is 10.9. The molecule has 2 aromatic heterocycles. The van der Waals surface area contributed by atoms with E-state index in [1.807, 2.05) is 20.9 Å². The van der Waals surface area contributed by atoms with E-state index >= 15 is 0 Å². The van der Waals surface area contributed by atoms with Gasteiger partial charge in [0.2, 0.25) is 0 Å². The minimum Gasteiger partial charge on any atom is -0.395 e. The topological polar surface area (TPSA) is 110 Å². The Morgan fingerprint density at radius 1 is 1.18 bits per heavy atom. The van der Waals surface area contributed by atoms with Gasteiger partial charge in [-0.25, -0.2) is 4.68 Å². The standard InChI is InChI=1S/C25H25ClF3N7O2/c1-14-4-5-16(9-22(14)36-13-21(33-34-36)19-12-31-35(3)15(19)2)24(38)32-18-8-17(11-30-6-7-37)23(26)20(10-18)25(27,28)29/h4-5,8-10,12-13,30,37H,6-7,11H2,1-3H3,(H,32,38). The summed E-state index contributed by atoms with van der Waals surface area (Å²) in [5.74, 6) is -0.612. The lowest BCUT2D eigenvalue weighted by molar-refractivity contribution is -0.137. The Kier molecular flexibility index (Phi) is 7.86. The molecule has 38 heavy (non-hydrogen) atoms. The van der Waals surface area contributed by atoms with Crippen LogP contribution in [0, 0.1) is 13.8 Å². The number of aliphatic hydroxyl groups excluding tert-OH is 1. The second-order valence-electron chi connectivity index (χ2n) is 8.67. The number of aromatic nitrogens is 5. The zero-order chi connectivity index (χ0) is 27.6. The molecule has 0 atom stereocenters. The first-order valence-corrected chi connectivity index (χ1v) is 11.9. The average molecular weight is 548 g/mol. The van der Waals surface area contributed by atoms with Crippen molar-refractivity contribution in [2.24, 2.45) is 7.05 Å². The van der Waals surface area contributed by atoms with Crippen molar-refractivity contribution in [1.82, 2.24) is 30.1 Å². The van der Waals surface area contributed by atoms with Crippen molar-refractivity contribution in [3.05, 3.63) is 75.7 Å². The van der Waals surface area contributed by atoms with Crippen LogP contribution in [0.4, 0.5) is 18.9 Å². The van der Waals surface area contributed by atoms with E-state index in [1.165, 1.54) is 10.7 Å². The van der Waals surface area contributed by atoms with E-state index in [4.69, 9.17) is 16.7 Å². The molecule has 1 amide bonds. The molecule has 200 valence electrons. The van der Waals surface area contributed by atoms with E-state index in [0.29, 0.717) is 11.4 Å². The van der Waals surface area contributed by atoms with Crippen LogP contribution < -0.4 is 10.6 Å². The quantitative estimate of drug-likeness (QED) is 0.284. The minimum absolute atomic E-state index is 0.0219. The first-order chi connectivity index (χ1) is 18.0. The third kappa shape index (κ3) is 5.72. The summed E-state index contributed by atoms with van der Waals surface area (Å²) >= 11 is 6.01. The molecule has 0 saturated carbocycles. The molecule has 0 aliphatic rings. The molecule has 0 saturated heterocycles. The highest BCUT2D eigenvalue weighted by Gasteiger charge is 2.34. The Morgan fingerprint density at radius 2 is 1.95 bits per heavy atom. The van der Waals surface area contributed by atoms with Gasteiger partial charge in [-0.1, -0.05) is 22.9 Å². The number of carbonyl (C=O) groups is 1. The number of hydrogen-bond donors (Lipinski definition) is 3. The van der Waals surface area contributed by atoms with Crippen LogP contribution in [0.2, 0.25) is 5.02 Å². The molecule has 0 unspecified atom stereocenters. The fraction of sp³-hybridized carbons (Fsp3) is 0.280. The molecule has 0 aliphatic heterocycles. The maximum Gasteiger partial charge on any atom is 0.417 e. The smallest absolute Gasteiger partial charge is 0.395 e. The highest BCUT2D eigenvalue weighted by atomic mass is 35.5. The van der Waals surface area contributed by atoms with Gasteiger partial charge in [0, 0.05) is 42.6 Å². The molecule has 0 fully saturated rings. The number of carbonyl (C=O) groups excluding carboxylic acids is 1. The van der Waals surface area contributed by atoms with E-state index in [0.717, 1.165) is 22.9 Å². The lowest BCUT2D eigenvalue weighted by atomic mass is 10.1. The molecular formula is C25H25ClF3N7O2. The van der Waals surface area contributed by atoms with Gasteiger partial charge in [-0.15, -0.1) is 5.10 Å². The van der Waals surface area contributed by atoms with Gasteiger partial charge in [0.15, 0.2) is 0 Å². The van der Waals surface area contributed by atoms with Gasteiger partial charge in [0.05, 0.1) is 35.3 Å². The van der Waals surface area contributed by atoms with Crippen LogP contribution in [0.1, 0.15) is 32.7 Å². The van der Waals surface area contributed by atoms with Crippen LogP contribution in [0.3, 0.4) is 0 Å². The lowest BCUT2D eigenvalue weighted by Gasteiger charge is -2.16. The minimum atomic E-state index is -4.72. The molecule has 0 radical (unpaired) electrons. The van der Waals surface area contributed by atoms with Crippen LogP contribution in [-0.4, -0.2) is 48.9 Å². The Morgan fingerprint density at radius 3 is 2.61 bits per heavy atom. The van der Waals surface area contributed by atoms with E-state index in [-0.39, 0.29) is 36.5 Å². The van der Waals surface area contributed by atoms with Gasteiger partial charge in [0.25, 0.3) is 5.91 Å². The first kappa shape index (κ1) is 27.3. The molecule has 0 bridgehead atoms. The third-order valence-electron chi connectivity index (χ3n) is 6.04. The molecule has 4 aromatic rings. The maximum absolute atomic E-state index is 13.6. The van der Waals surface area contributed by atoms with Gasteiger partial charge in [-0.2, -0.15) is 18.3 Å². The molecule has 0 spiro atoms. The first-order valence-electron chi connectivity index (χ1n) is 11.5. The van der Waals surface area contributed by atoms with Crippen molar-refractivity contribution >= 4 is 23.2 Å². The third-order valence-corrected chi connectivity index (χ3v) is 6.48. The number of halogens is 4. The van der Waals surface area contributed by atoms with Crippen molar-refractivity contribution < 1.29 is 23.1 Å². The summed E-state index contributed by atoms with van der Waals surface area (Å²) in [6.07, 6.45) is -1.32. The Hall–Kier alpha value is -3.74. The number of nitrogens with one attached hydrogen (secondary N) is 2. The van der Waals surface area contributed by atoms with Crippen molar-refractivity contribution in [3.63, 3.8) is 0 Å². The number of nitrogens with zero attached hydrogens (tertiary/aromatic N) is 5. The lowest BCUT2D eigenvalue weighted by Crippen LogP contribution is -2.20. The number of benzene rings is 2. The molecule has 0 aliphatic carbocycles. The molecule has 2 heterocycles.